The van der Waals surface area contributed by atoms with Gasteiger partial charge in [0.1, 0.15) is 0 Å². The van der Waals surface area contributed by atoms with Crippen molar-refractivity contribution in [2.75, 3.05) is 20.1 Å². The normalized spacial score (nSPS) is 12.1. The van der Waals surface area contributed by atoms with Crippen molar-refractivity contribution in [3.8, 4) is 0 Å². The van der Waals surface area contributed by atoms with Crippen LogP contribution in [0.3, 0.4) is 0 Å². The van der Waals surface area contributed by atoms with Crippen molar-refractivity contribution in [1.29, 1.82) is 0 Å². The number of hydrogen-bond donors (Lipinski definition) is 0. The van der Waals surface area contributed by atoms with Crippen molar-refractivity contribution < 1.29 is 0 Å². The van der Waals surface area contributed by atoms with Gasteiger partial charge in [-0.2, -0.15) is 0 Å². The summed E-state index contributed by atoms with van der Waals surface area (Å²) in [5.74, 6) is 0. The van der Waals surface area contributed by atoms with Crippen LogP contribution in [0.2, 0.25) is 19.1 Å². The second-order valence-corrected chi connectivity index (χ2v) is 8.72. The minimum Gasteiger partial charge on any atom is -0.307 e. The molecule has 0 aliphatic carbocycles. The molecule has 0 atom stereocenters. The van der Waals surface area contributed by atoms with Gasteiger partial charge in [-0.15, -0.1) is 12.3 Å². The summed E-state index contributed by atoms with van der Waals surface area (Å²) in [5, 5.41) is 0. The molecule has 11 heavy (non-hydrogen) atoms. The van der Waals surface area contributed by atoms with Gasteiger partial charge in [-0.3, -0.25) is 0 Å². The van der Waals surface area contributed by atoms with Crippen molar-refractivity contribution in [3.05, 3.63) is 12.3 Å². The van der Waals surface area contributed by atoms with Crippen LogP contribution in [0.15, 0.2) is 12.3 Å². The highest BCUT2D eigenvalue weighted by atomic mass is 28.3. The van der Waals surface area contributed by atoms with Crippen molar-refractivity contribution in [1.82, 2.24) is 4.90 Å². The molecule has 2 heteroatoms. The van der Waals surface area contributed by atoms with E-state index in [4.69, 9.17) is 0 Å². The lowest BCUT2D eigenvalue weighted by Crippen LogP contribution is -2.29. The molecule has 1 nitrogen and oxygen atoms in total. The molecule has 0 amide bonds. The fraction of sp³-hybridized carbons (Fsp3) is 0.778. The Hall–Kier alpha value is -0.0831. The first-order valence-electron chi connectivity index (χ1n) is 4.34. The molecule has 66 valence electrons. The Morgan fingerprint density at radius 3 is 2.36 bits per heavy atom. The van der Waals surface area contributed by atoms with Gasteiger partial charge in [-0.1, -0.05) is 20.0 Å². The first-order valence-corrected chi connectivity index (χ1v) is 7.62. The highest BCUT2D eigenvalue weighted by Gasteiger charge is 2.15. The van der Waals surface area contributed by atoms with Gasteiger partial charge in [-0.25, -0.2) is 0 Å². The van der Waals surface area contributed by atoms with E-state index in [-0.39, 0.29) is 0 Å². The predicted octanol–water partition coefficient (Wildman–Crippen LogP) is 2.37. The fourth-order valence-electron chi connectivity index (χ4n) is 0.739. The van der Waals surface area contributed by atoms with Gasteiger partial charge in [0.15, 0.2) is 0 Å². The standard InChI is InChI=1S/C9H21NSi/c1-6-10(3)8-9-11(4,5)7-2/h7H,2,6,8-9H2,1,3-5H3. The molecule has 0 fully saturated rings. The molecule has 0 N–H and O–H groups in total. The minimum atomic E-state index is -1.03. The van der Waals surface area contributed by atoms with Crippen molar-refractivity contribution in [3.63, 3.8) is 0 Å². The van der Waals surface area contributed by atoms with Crippen molar-refractivity contribution in [2.24, 2.45) is 0 Å². The van der Waals surface area contributed by atoms with E-state index >= 15 is 0 Å². The van der Waals surface area contributed by atoms with Gasteiger partial charge in [0.2, 0.25) is 0 Å². The molecule has 0 aliphatic heterocycles. The maximum Gasteiger partial charge on any atom is 0.0722 e. The highest BCUT2D eigenvalue weighted by molar-refractivity contribution is 6.82. The summed E-state index contributed by atoms with van der Waals surface area (Å²) in [7, 11) is 1.14. The van der Waals surface area contributed by atoms with E-state index in [0.717, 1.165) is 6.54 Å². The molecule has 0 heterocycles. The fourth-order valence-corrected chi connectivity index (χ4v) is 1.90. The van der Waals surface area contributed by atoms with Gasteiger partial charge in [-0.05, 0) is 26.2 Å². The maximum absolute atomic E-state index is 3.88. The van der Waals surface area contributed by atoms with Gasteiger partial charge in [0.05, 0.1) is 8.07 Å². The molecule has 0 unspecified atom stereocenters. The van der Waals surface area contributed by atoms with Crippen LogP contribution in [-0.4, -0.2) is 33.1 Å². The second kappa shape index (κ2) is 4.73. The summed E-state index contributed by atoms with van der Waals surface area (Å²) in [6.45, 7) is 13.2. The molecule has 0 radical (unpaired) electrons. The van der Waals surface area contributed by atoms with E-state index in [9.17, 15) is 0 Å². The van der Waals surface area contributed by atoms with E-state index in [2.05, 4.69) is 44.2 Å². The summed E-state index contributed by atoms with van der Waals surface area (Å²) in [6.07, 6.45) is 0. The van der Waals surface area contributed by atoms with Gasteiger partial charge in [0.25, 0.3) is 0 Å². The maximum atomic E-state index is 3.88. The Morgan fingerprint density at radius 1 is 1.45 bits per heavy atom. The van der Waals surface area contributed by atoms with Crippen molar-refractivity contribution in [2.45, 2.75) is 26.1 Å². The van der Waals surface area contributed by atoms with Crippen LogP contribution in [0, 0.1) is 0 Å². The molecular formula is C9H21NSi. The quantitative estimate of drug-likeness (QED) is 0.574. The lowest BCUT2D eigenvalue weighted by Gasteiger charge is -2.21. The Kier molecular flexibility index (Phi) is 4.69. The Balaban J connectivity index is 3.60. The molecule has 0 aromatic carbocycles. The SMILES string of the molecule is C=C[Si](C)(C)CCN(C)CC. The molecule has 0 bridgehead atoms. The van der Waals surface area contributed by atoms with E-state index < -0.39 is 8.07 Å². The topological polar surface area (TPSA) is 3.24 Å². The summed E-state index contributed by atoms with van der Waals surface area (Å²) >= 11 is 0. The molecule has 0 aromatic heterocycles. The molecule has 0 aromatic rings. The molecular weight excluding hydrogens is 150 g/mol. The first-order chi connectivity index (χ1) is 5.02. The lowest BCUT2D eigenvalue weighted by molar-refractivity contribution is 0.372. The molecule has 0 rings (SSSR count). The number of rotatable bonds is 5. The first kappa shape index (κ1) is 10.9. The van der Waals surface area contributed by atoms with Crippen LogP contribution in [0.25, 0.3) is 0 Å². The van der Waals surface area contributed by atoms with Gasteiger partial charge < -0.3 is 4.90 Å². The van der Waals surface area contributed by atoms with E-state index in [1.807, 2.05) is 0 Å². The van der Waals surface area contributed by atoms with Crippen LogP contribution in [-0.2, 0) is 0 Å². The average molecular weight is 171 g/mol. The zero-order chi connectivity index (χ0) is 8.91. The Morgan fingerprint density at radius 2 is 2.00 bits per heavy atom. The van der Waals surface area contributed by atoms with Gasteiger partial charge >= 0.3 is 0 Å². The molecule has 0 spiro atoms. The third-order valence-electron chi connectivity index (χ3n) is 2.23. The average Bonchev–Trinajstić information content (AvgIpc) is 2.00. The number of hydrogen-bond acceptors (Lipinski definition) is 1. The Labute approximate surface area is 72.1 Å². The van der Waals surface area contributed by atoms with Crippen LogP contribution in [0.1, 0.15) is 6.92 Å². The monoisotopic (exact) mass is 171 g/mol. The smallest absolute Gasteiger partial charge is 0.0722 e. The summed E-state index contributed by atoms with van der Waals surface area (Å²) in [4.78, 5) is 2.36. The lowest BCUT2D eigenvalue weighted by atomic mass is 10.6. The van der Waals surface area contributed by atoms with E-state index in [1.165, 1.54) is 12.6 Å². The highest BCUT2D eigenvalue weighted by Crippen LogP contribution is 2.09. The van der Waals surface area contributed by atoms with Crippen LogP contribution in [0.5, 0.6) is 0 Å². The zero-order valence-corrected chi connectivity index (χ0v) is 9.35. The summed E-state index contributed by atoms with van der Waals surface area (Å²) < 4.78 is 0. The Bertz CT molecular complexity index is 121. The predicted molar refractivity (Wildman–Crippen MR) is 55.7 cm³/mol. The van der Waals surface area contributed by atoms with Crippen LogP contribution < -0.4 is 0 Å². The van der Waals surface area contributed by atoms with Crippen molar-refractivity contribution >= 4 is 8.07 Å². The molecule has 0 aliphatic rings. The van der Waals surface area contributed by atoms with Crippen LogP contribution in [0.4, 0.5) is 0 Å². The summed E-state index contributed by atoms with van der Waals surface area (Å²) in [6, 6.07) is 1.33. The number of nitrogens with zero attached hydrogens (tertiary/aromatic N) is 1. The third kappa shape index (κ3) is 5.22. The minimum absolute atomic E-state index is 1.03. The molecule has 0 saturated heterocycles. The summed E-state index contributed by atoms with van der Waals surface area (Å²) in [5.41, 5.74) is 2.18. The molecule has 0 saturated carbocycles. The van der Waals surface area contributed by atoms with Crippen LogP contribution >= 0.6 is 0 Å². The zero-order valence-electron chi connectivity index (χ0n) is 8.35. The van der Waals surface area contributed by atoms with Gasteiger partial charge in [0, 0.05) is 0 Å². The van der Waals surface area contributed by atoms with E-state index in [1.54, 1.807) is 0 Å². The van der Waals surface area contributed by atoms with E-state index in [0.29, 0.717) is 0 Å². The second-order valence-electron chi connectivity index (χ2n) is 3.84. The third-order valence-corrected chi connectivity index (χ3v) is 4.85. The largest absolute Gasteiger partial charge is 0.307 e.